The predicted octanol–water partition coefficient (Wildman–Crippen LogP) is 1.61. The quantitative estimate of drug-likeness (QED) is 0.900. The van der Waals surface area contributed by atoms with E-state index in [4.69, 9.17) is 11.6 Å². The van der Waals surface area contributed by atoms with Crippen molar-refractivity contribution in [3.05, 3.63) is 47.0 Å². The highest BCUT2D eigenvalue weighted by Gasteiger charge is 2.06. The molecule has 1 aromatic carbocycles. The first-order chi connectivity index (χ1) is 8.15. The van der Waals surface area contributed by atoms with Crippen LogP contribution in [0.2, 0.25) is 5.02 Å². The van der Waals surface area contributed by atoms with E-state index in [2.05, 4.69) is 15.6 Å². The van der Waals surface area contributed by atoms with Crippen molar-refractivity contribution in [3.8, 4) is 0 Å². The Hall–Kier alpha value is -1.88. The van der Waals surface area contributed by atoms with E-state index in [0.717, 1.165) is 5.56 Å². The first-order valence-corrected chi connectivity index (χ1v) is 5.44. The Kier molecular flexibility index (Phi) is 3.39. The standard InChI is InChI=1S/C11H11ClN4O/c1-8(17)15-16-7-13-14-11(16)6-9-2-4-10(12)5-3-9/h2-5,7H,6H2,1H3,(H,15,17). The van der Waals surface area contributed by atoms with Gasteiger partial charge in [-0.25, -0.2) is 4.68 Å². The van der Waals surface area contributed by atoms with Gasteiger partial charge in [-0.2, -0.15) is 0 Å². The molecular weight excluding hydrogens is 240 g/mol. The summed E-state index contributed by atoms with van der Waals surface area (Å²) in [6, 6.07) is 7.45. The van der Waals surface area contributed by atoms with Crippen molar-refractivity contribution >= 4 is 17.5 Å². The Morgan fingerprint density at radius 2 is 2.12 bits per heavy atom. The summed E-state index contributed by atoms with van der Waals surface area (Å²) >= 11 is 5.80. The normalized spacial score (nSPS) is 10.2. The summed E-state index contributed by atoms with van der Waals surface area (Å²) in [5.74, 6) is 0.504. The molecule has 0 aliphatic rings. The van der Waals surface area contributed by atoms with Crippen molar-refractivity contribution in [2.24, 2.45) is 0 Å². The Morgan fingerprint density at radius 3 is 2.76 bits per heavy atom. The molecule has 0 aliphatic heterocycles. The van der Waals surface area contributed by atoms with Crippen LogP contribution in [0.15, 0.2) is 30.6 Å². The molecule has 1 aromatic heterocycles. The Bertz CT molecular complexity index is 521. The summed E-state index contributed by atoms with van der Waals surface area (Å²) in [6.07, 6.45) is 2.05. The number of carbonyl (C=O) groups is 1. The summed E-state index contributed by atoms with van der Waals surface area (Å²) in [4.78, 5) is 11.0. The fourth-order valence-electron chi connectivity index (χ4n) is 1.43. The number of amides is 1. The fourth-order valence-corrected chi connectivity index (χ4v) is 1.55. The number of nitrogens with zero attached hydrogens (tertiary/aromatic N) is 3. The first kappa shape index (κ1) is 11.6. The molecule has 0 aliphatic carbocycles. The maximum atomic E-state index is 11.0. The minimum atomic E-state index is -0.165. The fraction of sp³-hybridized carbons (Fsp3) is 0.182. The smallest absolute Gasteiger partial charge is 0.235 e. The highest BCUT2D eigenvalue weighted by Crippen LogP contribution is 2.12. The van der Waals surface area contributed by atoms with Crippen LogP contribution in [0.4, 0.5) is 0 Å². The molecule has 0 saturated heterocycles. The van der Waals surface area contributed by atoms with E-state index >= 15 is 0 Å². The van der Waals surface area contributed by atoms with Gasteiger partial charge >= 0.3 is 0 Å². The van der Waals surface area contributed by atoms with Crippen molar-refractivity contribution in [3.63, 3.8) is 0 Å². The highest BCUT2D eigenvalue weighted by atomic mass is 35.5. The molecule has 88 valence electrons. The zero-order valence-electron chi connectivity index (χ0n) is 9.22. The van der Waals surface area contributed by atoms with Gasteiger partial charge in [0.1, 0.15) is 6.33 Å². The number of carbonyl (C=O) groups excluding carboxylic acids is 1. The average molecular weight is 251 g/mol. The summed E-state index contributed by atoms with van der Waals surface area (Å²) < 4.78 is 1.51. The molecule has 2 rings (SSSR count). The Labute approximate surface area is 103 Å². The van der Waals surface area contributed by atoms with Crippen LogP contribution in [0.5, 0.6) is 0 Å². The third-order valence-electron chi connectivity index (χ3n) is 2.17. The van der Waals surface area contributed by atoms with Crippen molar-refractivity contribution < 1.29 is 4.79 Å². The molecule has 5 nitrogen and oxygen atoms in total. The lowest BCUT2D eigenvalue weighted by molar-refractivity contribution is -0.115. The molecule has 1 N–H and O–H groups in total. The predicted molar refractivity (Wildman–Crippen MR) is 64.3 cm³/mol. The van der Waals surface area contributed by atoms with Crippen LogP contribution in [0.1, 0.15) is 18.3 Å². The van der Waals surface area contributed by atoms with E-state index in [9.17, 15) is 4.79 Å². The van der Waals surface area contributed by atoms with Crippen molar-refractivity contribution in [2.45, 2.75) is 13.3 Å². The monoisotopic (exact) mass is 250 g/mol. The lowest BCUT2D eigenvalue weighted by Gasteiger charge is -2.06. The minimum Gasteiger partial charge on any atom is -0.274 e. The van der Waals surface area contributed by atoms with Crippen LogP contribution in [-0.4, -0.2) is 20.8 Å². The molecule has 17 heavy (non-hydrogen) atoms. The molecule has 6 heteroatoms. The van der Waals surface area contributed by atoms with E-state index in [1.807, 2.05) is 24.3 Å². The van der Waals surface area contributed by atoms with Gasteiger partial charge in [0.2, 0.25) is 5.91 Å². The van der Waals surface area contributed by atoms with Gasteiger partial charge in [0.05, 0.1) is 0 Å². The van der Waals surface area contributed by atoms with Gasteiger partial charge in [-0.3, -0.25) is 10.2 Å². The van der Waals surface area contributed by atoms with Gasteiger partial charge in [-0.05, 0) is 17.7 Å². The molecule has 1 heterocycles. The van der Waals surface area contributed by atoms with E-state index < -0.39 is 0 Å². The number of aromatic nitrogens is 3. The van der Waals surface area contributed by atoms with Crippen molar-refractivity contribution in [1.29, 1.82) is 0 Å². The third-order valence-corrected chi connectivity index (χ3v) is 2.42. The summed E-state index contributed by atoms with van der Waals surface area (Å²) in [7, 11) is 0. The summed E-state index contributed by atoms with van der Waals surface area (Å²) in [5, 5.41) is 8.41. The van der Waals surface area contributed by atoms with E-state index in [1.165, 1.54) is 17.9 Å². The van der Waals surface area contributed by atoms with Crippen LogP contribution in [0.3, 0.4) is 0 Å². The number of rotatable bonds is 3. The van der Waals surface area contributed by atoms with Crippen LogP contribution in [0.25, 0.3) is 0 Å². The number of halogens is 1. The molecule has 1 amide bonds. The zero-order chi connectivity index (χ0) is 12.3. The second kappa shape index (κ2) is 4.97. The highest BCUT2D eigenvalue weighted by molar-refractivity contribution is 6.30. The van der Waals surface area contributed by atoms with Crippen molar-refractivity contribution in [1.82, 2.24) is 14.9 Å². The zero-order valence-corrected chi connectivity index (χ0v) is 9.98. The number of hydrogen-bond donors (Lipinski definition) is 1. The lowest BCUT2D eigenvalue weighted by atomic mass is 10.1. The second-order valence-electron chi connectivity index (χ2n) is 3.59. The van der Waals surface area contributed by atoms with Gasteiger partial charge in [-0.15, -0.1) is 10.2 Å². The van der Waals surface area contributed by atoms with E-state index in [-0.39, 0.29) is 5.91 Å². The van der Waals surface area contributed by atoms with E-state index in [0.29, 0.717) is 17.3 Å². The first-order valence-electron chi connectivity index (χ1n) is 5.06. The summed E-state index contributed by atoms with van der Waals surface area (Å²) in [5.41, 5.74) is 3.66. The average Bonchev–Trinajstić information content (AvgIpc) is 2.68. The largest absolute Gasteiger partial charge is 0.274 e. The molecule has 0 spiro atoms. The molecule has 0 bridgehead atoms. The van der Waals surface area contributed by atoms with E-state index in [1.54, 1.807) is 0 Å². The van der Waals surface area contributed by atoms with Gasteiger partial charge in [0.25, 0.3) is 0 Å². The number of hydrogen-bond acceptors (Lipinski definition) is 3. The Morgan fingerprint density at radius 1 is 1.41 bits per heavy atom. The van der Waals surface area contributed by atoms with Crippen LogP contribution < -0.4 is 5.43 Å². The van der Waals surface area contributed by atoms with Crippen LogP contribution in [-0.2, 0) is 11.2 Å². The Balaban J connectivity index is 2.15. The SMILES string of the molecule is CC(=O)Nn1cnnc1Cc1ccc(Cl)cc1. The minimum absolute atomic E-state index is 0.165. The molecule has 0 unspecified atom stereocenters. The van der Waals surface area contributed by atoms with Crippen LogP contribution >= 0.6 is 11.6 Å². The number of nitrogens with one attached hydrogen (secondary N) is 1. The topological polar surface area (TPSA) is 59.8 Å². The van der Waals surface area contributed by atoms with Gasteiger partial charge < -0.3 is 0 Å². The van der Waals surface area contributed by atoms with Crippen molar-refractivity contribution in [2.75, 3.05) is 5.43 Å². The second-order valence-corrected chi connectivity index (χ2v) is 4.02. The maximum Gasteiger partial charge on any atom is 0.235 e. The molecule has 0 radical (unpaired) electrons. The molecule has 0 atom stereocenters. The summed E-state index contributed by atoms with van der Waals surface area (Å²) in [6.45, 7) is 1.44. The molecule has 2 aromatic rings. The lowest BCUT2D eigenvalue weighted by Crippen LogP contribution is -2.21. The van der Waals surface area contributed by atoms with Gasteiger partial charge in [0, 0.05) is 18.4 Å². The third kappa shape index (κ3) is 3.04. The maximum absolute atomic E-state index is 11.0. The molecule has 0 saturated carbocycles. The molecule has 0 fully saturated rings. The number of benzene rings is 1. The van der Waals surface area contributed by atoms with Gasteiger partial charge in [-0.1, -0.05) is 23.7 Å². The van der Waals surface area contributed by atoms with Gasteiger partial charge in [0.15, 0.2) is 5.82 Å². The molecular formula is C11H11ClN4O. The van der Waals surface area contributed by atoms with Crippen LogP contribution in [0, 0.1) is 0 Å².